The highest BCUT2D eigenvalue weighted by Gasteiger charge is 2.29. The van der Waals surface area contributed by atoms with Gasteiger partial charge in [0.05, 0.1) is 40.3 Å². The molecule has 6 heterocycles. The lowest BCUT2D eigenvalue weighted by Gasteiger charge is -2.24. The minimum absolute atomic E-state index is 0. The number of aromatic nitrogens is 2. The monoisotopic (exact) mass is 1140 g/mol. The Morgan fingerprint density at radius 2 is 1.17 bits per heavy atom. The molecule has 8 aromatic rings. The number of anilines is 1. The van der Waals surface area contributed by atoms with Crippen LogP contribution in [0.2, 0.25) is 0 Å². The van der Waals surface area contributed by atoms with Crippen LogP contribution in [0.4, 0.5) is 27.4 Å². The van der Waals surface area contributed by atoms with Gasteiger partial charge in [-0.15, -0.1) is 0 Å². The topological polar surface area (TPSA) is 147 Å². The first kappa shape index (κ1) is 63.3. The van der Waals surface area contributed by atoms with E-state index >= 15 is 0 Å². The molecule has 4 aliphatic rings. The Kier molecular flexibility index (Phi) is 22.9. The van der Waals surface area contributed by atoms with E-state index in [4.69, 9.17) is 19.5 Å². The SMILES string of the molecule is C.C.CCOCC.Cc1ccc(S(=O)(=O)N(C#N)c2ccccc2)cc1.FB(F)F.Fc1ccc(-n2c(C3CCOCC3)cc3cc4c(cc32)C=NC4)cc1.N#Cc1c(C2CCOCC2)n(-c2ccc(F)cc2)c2cc3c(cc12)CN=C3. The zero-order chi connectivity index (χ0) is 56.8. The number of halogens is 5. The minimum atomic E-state index is -3.85. The average Bonchev–Trinajstić information content (AvgIpc) is 3.24. The molecule has 0 aliphatic carbocycles. The number of para-hydroxylation sites is 1. The predicted molar refractivity (Wildman–Crippen MR) is 317 cm³/mol. The lowest BCUT2D eigenvalue weighted by Crippen LogP contribution is -2.25. The Balaban J connectivity index is 0.000000184. The summed E-state index contributed by atoms with van der Waals surface area (Å²) in [6, 6.07) is 41.4. The summed E-state index contributed by atoms with van der Waals surface area (Å²) in [7, 11) is -7.52. The standard InChI is InChI=1S/C22H18FN3O.C21H19FN2O.C14H12N2O2S.C4H10O.2CH4.BF3/c23-17-1-3-18(4-2-17)26-21-10-16-13-25-12-15(16)9-19(21)20(11-24)22(26)14-5-7-27-8-6-14;22-18-1-3-19(4-2-18)24-20(14-5-7-25-8-6-14)10-15-9-16-12-23-13-17(16)11-21(15)24;1-12-7-9-14(10-8-12)19(17,18)16(11-15)13-5-3-2-4-6-13;1-3-5-4-2;;;2-1(3)4/h1-4,9-10,13-14H,5-8,12H2;1-4,9-11,13-14H,5-8,12H2;2-10H,1H3;3-4H2,1-2H3;2*1H4;. The van der Waals surface area contributed by atoms with E-state index in [0.717, 1.165) is 113 Å². The van der Waals surface area contributed by atoms with Crippen LogP contribution in [0, 0.1) is 41.3 Å². The van der Waals surface area contributed by atoms with Crippen molar-refractivity contribution in [2.45, 2.75) is 91.1 Å². The number of fused-ring (bicyclic) bond motifs is 4. The molecule has 0 atom stereocenters. The molecule has 0 amide bonds. The third kappa shape index (κ3) is 14.9. The van der Waals surface area contributed by atoms with Gasteiger partial charge in [-0.1, -0.05) is 50.7 Å². The van der Waals surface area contributed by atoms with Crippen LogP contribution < -0.4 is 4.31 Å². The van der Waals surface area contributed by atoms with Crippen LogP contribution in [0.3, 0.4) is 0 Å². The summed E-state index contributed by atoms with van der Waals surface area (Å²) in [5.74, 6) is 0.237. The Labute approximate surface area is 478 Å². The maximum absolute atomic E-state index is 13.5. The van der Waals surface area contributed by atoms with Gasteiger partial charge in [0.15, 0.2) is 6.19 Å². The minimum Gasteiger partial charge on any atom is -0.382 e. The number of rotatable bonds is 9. The van der Waals surface area contributed by atoms with Crippen molar-refractivity contribution in [3.63, 3.8) is 0 Å². The molecule has 2 fully saturated rings. The second-order valence-corrected chi connectivity index (χ2v) is 20.8. The summed E-state index contributed by atoms with van der Waals surface area (Å²) < 4.78 is 102. The number of nitriles is 2. The second-order valence-electron chi connectivity index (χ2n) is 19.0. The molecule has 4 aliphatic heterocycles. The zero-order valence-electron chi connectivity index (χ0n) is 44.5. The maximum atomic E-state index is 13.5. The number of aryl methyl sites for hydroxylation is 1. The maximum Gasteiger partial charge on any atom is 0.762 e. The fourth-order valence-electron chi connectivity index (χ4n) is 10.1. The molecule has 0 unspecified atom stereocenters. The highest BCUT2D eigenvalue weighted by molar-refractivity contribution is 7.93. The van der Waals surface area contributed by atoms with Gasteiger partial charge in [0.2, 0.25) is 0 Å². The van der Waals surface area contributed by atoms with Crippen LogP contribution in [0.15, 0.2) is 148 Å². The molecule has 82 heavy (non-hydrogen) atoms. The first-order valence-electron chi connectivity index (χ1n) is 26.3. The summed E-state index contributed by atoms with van der Waals surface area (Å²) in [6.45, 7) is 12.0. The van der Waals surface area contributed by atoms with Crippen LogP contribution in [0.1, 0.15) is 111 Å². The molecule has 0 spiro atoms. The fraction of sp³-hybridized carbons (Fsp3) is 0.302. The number of ether oxygens (including phenoxy) is 3. The first-order valence-corrected chi connectivity index (χ1v) is 27.7. The van der Waals surface area contributed by atoms with Gasteiger partial charge in [-0.3, -0.25) is 22.9 Å². The van der Waals surface area contributed by atoms with Gasteiger partial charge in [-0.25, -0.2) is 8.78 Å². The van der Waals surface area contributed by atoms with E-state index in [9.17, 15) is 35.4 Å². The molecule has 0 bridgehead atoms. The van der Waals surface area contributed by atoms with Crippen molar-refractivity contribution in [1.29, 1.82) is 10.5 Å². The van der Waals surface area contributed by atoms with E-state index in [1.54, 1.807) is 60.8 Å². The van der Waals surface area contributed by atoms with E-state index in [1.807, 2.05) is 45.3 Å². The molecule has 428 valence electrons. The van der Waals surface area contributed by atoms with Gasteiger partial charge in [0, 0.05) is 97.4 Å². The lowest BCUT2D eigenvalue weighted by atomic mass is 9.93. The third-order valence-electron chi connectivity index (χ3n) is 13.9. The third-order valence-corrected chi connectivity index (χ3v) is 15.6. The van der Waals surface area contributed by atoms with E-state index in [-0.39, 0.29) is 37.3 Å². The number of nitrogens with zero attached hydrogens (tertiary/aromatic N) is 7. The first-order chi connectivity index (χ1) is 38.8. The summed E-state index contributed by atoms with van der Waals surface area (Å²) in [6.07, 6.45) is 9.37. The highest BCUT2D eigenvalue weighted by atomic mass is 32.2. The zero-order valence-corrected chi connectivity index (χ0v) is 45.4. The molecule has 2 saturated heterocycles. The normalized spacial score (nSPS) is 14.1. The Morgan fingerprint density at radius 1 is 0.671 bits per heavy atom. The largest absolute Gasteiger partial charge is 0.762 e. The molecule has 2 aromatic heterocycles. The van der Waals surface area contributed by atoms with Gasteiger partial charge in [0.25, 0.3) is 10.0 Å². The number of aliphatic imine (C=N–C) groups is 2. The molecular weight excluding hydrogens is 1070 g/mol. The van der Waals surface area contributed by atoms with Crippen molar-refractivity contribution in [2.75, 3.05) is 43.9 Å². The fourth-order valence-corrected chi connectivity index (χ4v) is 11.3. The number of hydrogen-bond donors (Lipinski definition) is 0. The van der Waals surface area contributed by atoms with Crippen LogP contribution in [0.25, 0.3) is 33.2 Å². The molecule has 0 N–H and O–H groups in total. The van der Waals surface area contributed by atoms with Crippen LogP contribution in [-0.2, 0) is 37.3 Å². The van der Waals surface area contributed by atoms with E-state index in [0.29, 0.717) is 31.4 Å². The molecular formula is C63H67BF5N7O5S. The van der Waals surface area contributed by atoms with Crippen molar-refractivity contribution < 1.29 is 44.4 Å². The molecule has 0 radical (unpaired) electrons. The highest BCUT2D eigenvalue weighted by Crippen LogP contribution is 2.40. The Bertz CT molecular complexity index is 3640. The lowest BCUT2D eigenvalue weighted by molar-refractivity contribution is 0.0841. The number of benzene rings is 6. The smallest absolute Gasteiger partial charge is 0.382 e. The van der Waals surface area contributed by atoms with Gasteiger partial charge in [-0.2, -0.15) is 23.2 Å². The number of sulfonamides is 1. The summed E-state index contributed by atoms with van der Waals surface area (Å²) >= 11 is 0. The van der Waals surface area contributed by atoms with Crippen LogP contribution in [-0.4, -0.2) is 77.2 Å². The molecule has 12 nitrogen and oxygen atoms in total. The van der Waals surface area contributed by atoms with Crippen molar-refractivity contribution in [1.82, 2.24) is 9.13 Å². The molecule has 19 heteroatoms. The second kappa shape index (κ2) is 29.7. The Morgan fingerprint density at radius 3 is 1.67 bits per heavy atom. The van der Waals surface area contributed by atoms with E-state index in [2.05, 4.69) is 55.5 Å². The van der Waals surface area contributed by atoms with Gasteiger partial charge in [-0.05, 0) is 172 Å². The van der Waals surface area contributed by atoms with Gasteiger partial charge in [0.1, 0.15) is 17.7 Å². The van der Waals surface area contributed by atoms with Crippen LogP contribution in [0.5, 0.6) is 0 Å². The quantitative estimate of drug-likeness (QED) is 0.0605. The molecule has 0 saturated carbocycles. The summed E-state index contributed by atoms with van der Waals surface area (Å²) in [4.78, 5) is 8.83. The van der Waals surface area contributed by atoms with Crippen molar-refractivity contribution in [2.24, 2.45) is 9.98 Å². The molecule has 12 rings (SSSR count). The van der Waals surface area contributed by atoms with Gasteiger partial charge < -0.3 is 23.3 Å². The number of hydrogen-bond acceptors (Lipinski definition) is 9. The van der Waals surface area contributed by atoms with E-state index < -0.39 is 17.6 Å². The van der Waals surface area contributed by atoms with Crippen molar-refractivity contribution in [3.8, 4) is 23.6 Å². The Hall–Kier alpha value is -7.94. The van der Waals surface area contributed by atoms with Crippen LogP contribution >= 0.6 is 0 Å². The van der Waals surface area contributed by atoms with Crippen molar-refractivity contribution >= 4 is 57.5 Å². The summed E-state index contributed by atoms with van der Waals surface area (Å²) in [5.41, 5.74) is 13.0. The van der Waals surface area contributed by atoms with Crippen molar-refractivity contribution in [3.05, 3.63) is 190 Å². The van der Waals surface area contributed by atoms with Gasteiger partial charge >= 0.3 is 7.54 Å². The summed E-state index contributed by atoms with van der Waals surface area (Å²) in [5, 5.41) is 21.3. The predicted octanol–water partition coefficient (Wildman–Crippen LogP) is 14.9. The van der Waals surface area contributed by atoms with E-state index in [1.165, 1.54) is 64.1 Å². The average molecular weight is 1140 g/mol. The molecule has 6 aromatic carbocycles.